The molecule has 2 radical (unpaired) electrons. The molecule has 0 aliphatic rings. The second-order valence-electron chi connectivity index (χ2n) is 0.484. The van der Waals surface area contributed by atoms with Crippen LogP contribution in [-0.4, -0.2) is 7.57 Å². The molecule has 0 unspecified atom stereocenters. The van der Waals surface area contributed by atoms with Crippen molar-refractivity contribution in [1.29, 1.82) is 0 Å². The van der Waals surface area contributed by atoms with E-state index in [9.17, 15) is 0 Å². The molecule has 0 saturated heterocycles. The minimum Gasteiger partial charge on any atom is 0.141 e. The second kappa shape index (κ2) is 2.86. The lowest BCUT2D eigenvalue weighted by Crippen LogP contribution is -1.41. The average Bonchev–Trinajstić information content (AvgIpc) is 0.722. The van der Waals surface area contributed by atoms with E-state index >= 15 is 0 Å². The fourth-order valence-corrected chi connectivity index (χ4v) is 0. The molecule has 0 aromatic carbocycles. The average molecular weight is 422 g/mol. The smallest absolute Gasteiger partial charge is 0.141 e. The van der Waals surface area contributed by atoms with Gasteiger partial charge in [-0.1, -0.05) is 0 Å². The minimum atomic E-state index is -0.979. The Morgan fingerprint density at radius 3 is 1.20 bits per heavy atom. The molecule has 5 heteroatoms. The van der Waals surface area contributed by atoms with Crippen molar-refractivity contribution < 1.29 is 0 Å². The van der Waals surface area contributed by atoms with Crippen molar-refractivity contribution in [1.82, 2.24) is 0 Å². The Morgan fingerprint density at radius 1 is 1.20 bits per heavy atom. The highest BCUT2D eigenvalue weighted by Gasteiger charge is 2.18. The van der Waals surface area contributed by atoms with E-state index in [1.54, 1.807) is 0 Å². The molecular weight excluding hydrogens is 422 g/mol. The fraction of sp³-hybridized carbons (Fsp3) is 0. The molecule has 0 aliphatic heterocycles. The van der Waals surface area contributed by atoms with Gasteiger partial charge in [0.15, 0.2) is 66.1 Å². The molecule has 28 valence electrons. The van der Waals surface area contributed by atoms with Gasteiger partial charge in [0, 0.05) is 0 Å². The number of halogens is 3. The van der Waals surface area contributed by atoms with Crippen molar-refractivity contribution in [3.05, 3.63) is 0 Å². The van der Waals surface area contributed by atoms with Gasteiger partial charge < -0.3 is 0 Å². The molecule has 0 atom stereocenters. The largest absolute Gasteiger partial charge is 0.398 e. The van der Waals surface area contributed by atoms with E-state index < -0.39 is 0.0685 Å². The molecule has 0 N–H and O–H groups in total. The zero-order chi connectivity index (χ0) is 4.50. The van der Waals surface area contributed by atoms with Crippen LogP contribution in [0.25, 0.3) is 0 Å². The van der Waals surface area contributed by atoms with Gasteiger partial charge >= 0.3 is 7.57 Å². The van der Waals surface area contributed by atoms with Crippen LogP contribution in [0.3, 0.4) is 0 Å². The second-order valence-corrected chi connectivity index (χ2v) is 31.8. The van der Waals surface area contributed by atoms with E-state index in [0.717, 1.165) is 0 Å². The molecule has 0 rings (SSSR count). The summed E-state index contributed by atoms with van der Waals surface area (Å²) < 4.78 is -0.979. The fourth-order valence-electron chi connectivity index (χ4n) is 0. The predicted octanol–water partition coefficient (Wildman–Crippen LogP) is 3.14. The highest BCUT2D eigenvalue weighted by atomic mass is 127. The lowest BCUT2D eigenvalue weighted by Gasteiger charge is -1.82. The summed E-state index contributed by atoms with van der Waals surface area (Å²) in [5.41, 5.74) is 0. The third kappa shape index (κ3) is 20.4. The van der Waals surface area contributed by atoms with Gasteiger partial charge in [-0.2, -0.15) is 0 Å². The first kappa shape index (κ1) is 7.68. The van der Waals surface area contributed by atoms with Crippen LogP contribution in [0.5, 0.6) is 0 Å². The van der Waals surface area contributed by atoms with Crippen LogP contribution in [0, 0.1) is 0 Å². The van der Waals surface area contributed by atoms with Crippen molar-refractivity contribution in [3.63, 3.8) is 0 Å². The van der Waals surface area contributed by atoms with E-state index in [1.165, 1.54) is 0 Å². The Hall–Kier alpha value is 2.68. The molecule has 0 spiro atoms. The van der Waals surface area contributed by atoms with E-state index in [0.29, 0.717) is 0 Å². The topological polar surface area (TPSA) is 0 Å². The van der Waals surface area contributed by atoms with Gasteiger partial charge in [-0.3, -0.25) is 0 Å². The summed E-state index contributed by atoms with van der Waals surface area (Å²) in [4.78, 5) is 0. The summed E-state index contributed by atoms with van der Waals surface area (Å²) in [6, 6.07) is 0. The van der Waals surface area contributed by atoms with Gasteiger partial charge in [-0.15, -0.1) is 0 Å². The molecule has 0 saturated carbocycles. The first-order chi connectivity index (χ1) is 2.00. The number of rotatable bonds is 0. The third-order valence-electron chi connectivity index (χ3n) is 0. The highest BCUT2D eigenvalue weighted by molar-refractivity contribution is 14.4. The Balaban J connectivity index is 3.02. The van der Waals surface area contributed by atoms with Crippen molar-refractivity contribution in [2.45, 2.75) is 0 Å². The number of hydrogen-bond acceptors (Lipinski definition) is 0. The van der Waals surface area contributed by atoms with Gasteiger partial charge in [-0.05, 0) is 0 Å². The van der Waals surface area contributed by atoms with Crippen LogP contribution in [-0.2, 0) is 0 Å². The summed E-state index contributed by atoms with van der Waals surface area (Å²) >= 11 is 6.72. The van der Waals surface area contributed by atoms with Crippen molar-refractivity contribution in [3.8, 4) is 0 Å². The van der Waals surface area contributed by atoms with Crippen LogP contribution in [0.15, 0.2) is 0 Å². The van der Waals surface area contributed by atoms with Gasteiger partial charge in [0.2, 0.25) is 0 Å². The Kier molecular flexibility index (Phi) is 4.40. The van der Waals surface area contributed by atoms with E-state index in [4.69, 9.17) is 7.57 Å². The van der Waals surface area contributed by atoms with Crippen molar-refractivity contribution in [2.75, 3.05) is 0 Å². The quantitative estimate of drug-likeness (QED) is 0.320. The Bertz CT molecular complexity index is 22.4. The van der Waals surface area contributed by atoms with Crippen LogP contribution in [0.2, 0.25) is 0 Å². The summed E-state index contributed by atoms with van der Waals surface area (Å²) in [5.74, 6) is 0. The SMILES string of the molecule is [B][P+](I)(I)I. The first-order valence-electron chi connectivity index (χ1n) is 0.765. The van der Waals surface area contributed by atoms with Crippen LogP contribution >= 0.6 is 66.2 Å². The monoisotopic (exact) mass is 423 g/mol. The Labute approximate surface area is 72.4 Å². The minimum absolute atomic E-state index is 0.979. The molecule has 0 fully saturated rings. The van der Waals surface area contributed by atoms with E-state index in [2.05, 4.69) is 66.1 Å². The number of hydrogen-bond donors (Lipinski definition) is 0. The van der Waals surface area contributed by atoms with Gasteiger partial charge in [-0.25, -0.2) is 0 Å². The maximum atomic E-state index is 5.43. The maximum absolute atomic E-state index is 5.43. The Morgan fingerprint density at radius 2 is 1.20 bits per heavy atom. The molecule has 0 aromatic rings. The summed E-state index contributed by atoms with van der Waals surface area (Å²) in [6.07, 6.45) is 0. The van der Waals surface area contributed by atoms with Crippen molar-refractivity contribution >= 4 is 73.8 Å². The van der Waals surface area contributed by atoms with Gasteiger partial charge in [0.25, 0.3) is 0 Å². The molecular formula is BI3P+. The van der Waals surface area contributed by atoms with Gasteiger partial charge in [0.1, 0.15) is 0.0685 Å². The zero-order valence-electron chi connectivity index (χ0n) is 2.16. The van der Waals surface area contributed by atoms with Crippen LogP contribution in [0.4, 0.5) is 0 Å². The molecule has 0 amide bonds. The highest BCUT2D eigenvalue weighted by Crippen LogP contribution is 2.77. The van der Waals surface area contributed by atoms with Crippen LogP contribution in [0.1, 0.15) is 0 Å². The third-order valence-corrected chi connectivity index (χ3v) is 0. The molecule has 0 heterocycles. The van der Waals surface area contributed by atoms with E-state index in [-0.39, 0.29) is 0 Å². The van der Waals surface area contributed by atoms with E-state index in [1.807, 2.05) is 0 Å². The summed E-state index contributed by atoms with van der Waals surface area (Å²) in [5, 5.41) is 0. The first-order valence-corrected chi connectivity index (χ1v) is 11.0. The summed E-state index contributed by atoms with van der Waals surface area (Å²) in [7, 11) is 5.43. The zero-order valence-corrected chi connectivity index (χ0v) is 9.53. The predicted molar refractivity (Wildman–Crippen MR) is 54.7 cm³/mol. The molecule has 0 aromatic heterocycles. The molecule has 0 nitrogen and oxygen atoms in total. The molecule has 5 heavy (non-hydrogen) atoms. The standard InChI is InChI=1S/BI3P/c1-5(2,3)4/q+1. The van der Waals surface area contributed by atoms with Crippen molar-refractivity contribution in [2.24, 2.45) is 0 Å². The van der Waals surface area contributed by atoms with Crippen LogP contribution < -0.4 is 0 Å². The maximum Gasteiger partial charge on any atom is 0.398 e. The normalized spacial score (nSPS) is 11.8. The summed E-state index contributed by atoms with van der Waals surface area (Å²) in [6.45, 7) is 0. The molecule has 0 aliphatic carbocycles. The lowest BCUT2D eigenvalue weighted by molar-refractivity contribution is 5.09. The van der Waals surface area contributed by atoms with Gasteiger partial charge in [0.05, 0.1) is 0 Å². The molecule has 0 bridgehead atoms. The lowest BCUT2D eigenvalue weighted by atomic mass is 10.8.